The van der Waals surface area contributed by atoms with E-state index in [2.05, 4.69) is 11.5 Å². The fourth-order valence-electron chi connectivity index (χ4n) is 2.76. The molecule has 2 aromatic rings. The van der Waals surface area contributed by atoms with E-state index < -0.39 is 0 Å². The van der Waals surface area contributed by atoms with Crippen molar-refractivity contribution in [1.29, 1.82) is 0 Å². The number of hydrogen-bond acceptors (Lipinski definition) is 3. The maximum absolute atomic E-state index is 13.4. The first kappa shape index (κ1) is 13.2. The highest BCUT2D eigenvalue weighted by atomic mass is 19.1. The van der Waals surface area contributed by atoms with Crippen LogP contribution in [0.1, 0.15) is 28.8 Å². The van der Waals surface area contributed by atoms with Gasteiger partial charge < -0.3 is 4.74 Å². The van der Waals surface area contributed by atoms with Crippen LogP contribution < -0.4 is 11.3 Å². The quantitative estimate of drug-likeness (QED) is 0.667. The third kappa shape index (κ3) is 2.45. The van der Waals surface area contributed by atoms with E-state index in [1.807, 2.05) is 24.3 Å². The van der Waals surface area contributed by atoms with Crippen LogP contribution in [0.4, 0.5) is 4.39 Å². The minimum absolute atomic E-state index is 0.202. The van der Waals surface area contributed by atoms with Crippen molar-refractivity contribution < 1.29 is 9.13 Å². The predicted octanol–water partition coefficient (Wildman–Crippen LogP) is 2.64. The number of halogens is 1. The minimum Gasteiger partial charge on any atom is -0.371 e. The summed E-state index contributed by atoms with van der Waals surface area (Å²) >= 11 is 0. The summed E-state index contributed by atoms with van der Waals surface area (Å²) in [6.45, 7) is 0.648. The third-order valence-corrected chi connectivity index (χ3v) is 3.72. The fourth-order valence-corrected chi connectivity index (χ4v) is 2.76. The molecule has 0 bridgehead atoms. The Balaban J connectivity index is 1.99. The van der Waals surface area contributed by atoms with Crippen LogP contribution in [0.2, 0.25) is 0 Å². The van der Waals surface area contributed by atoms with Crippen molar-refractivity contribution in [3.63, 3.8) is 0 Å². The molecule has 4 heteroatoms. The van der Waals surface area contributed by atoms with Crippen molar-refractivity contribution >= 4 is 0 Å². The molecule has 0 aromatic heterocycles. The number of hydrogen-bond donors (Lipinski definition) is 2. The highest BCUT2D eigenvalue weighted by Gasteiger charge is 2.29. The molecule has 0 saturated heterocycles. The van der Waals surface area contributed by atoms with Gasteiger partial charge in [-0.2, -0.15) is 0 Å². The molecule has 1 aliphatic heterocycles. The zero-order chi connectivity index (χ0) is 13.9. The van der Waals surface area contributed by atoms with Gasteiger partial charge >= 0.3 is 0 Å². The van der Waals surface area contributed by atoms with Crippen molar-refractivity contribution in [2.45, 2.75) is 18.6 Å². The molecule has 2 atom stereocenters. The van der Waals surface area contributed by atoms with E-state index in [1.54, 1.807) is 6.07 Å². The summed E-state index contributed by atoms with van der Waals surface area (Å²) in [5.74, 6) is 5.42. The van der Waals surface area contributed by atoms with Gasteiger partial charge in [0.2, 0.25) is 0 Å². The van der Waals surface area contributed by atoms with Crippen molar-refractivity contribution in [1.82, 2.24) is 5.43 Å². The number of nitrogens with one attached hydrogen (secondary N) is 1. The summed E-state index contributed by atoms with van der Waals surface area (Å²) in [6, 6.07) is 14.3. The molecule has 1 aliphatic rings. The van der Waals surface area contributed by atoms with Crippen LogP contribution in [-0.2, 0) is 11.2 Å². The van der Waals surface area contributed by atoms with E-state index in [4.69, 9.17) is 10.6 Å². The topological polar surface area (TPSA) is 47.3 Å². The molecular formula is C16H17FN2O. The average Bonchev–Trinajstić information content (AvgIpc) is 2.48. The Morgan fingerprint density at radius 2 is 2.05 bits per heavy atom. The summed E-state index contributed by atoms with van der Waals surface area (Å²) in [5, 5.41) is 0. The van der Waals surface area contributed by atoms with E-state index in [-0.39, 0.29) is 18.0 Å². The Bertz CT molecular complexity index is 603. The van der Waals surface area contributed by atoms with Gasteiger partial charge in [0.15, 0.2) is 0 Å². The lowest BCUT2D eigenvalue weighted by atomic mass is 9.90. The summed E-state index contributed by atoms with van der Waals surface area (Å²) in [5.41, 5.74) is 5.93. The molecule has 3 N–H and O–H groups in total. The normalized spacial score (nSPS) is 19.4. The van der Waals surface area contributed by atoms with Gasteiger partial charge in [-0.1, -0.05) is 36.4 Å². The number of fused-ring (bicyclic) bond motifs is 1. The van der Waals surface area contributed by atoms with Gasteiger partial charge in [-0.15, -0.1) is 0 Å². The summed E-state index contributed by atoms with van der Waals surface area (Å²) in [7, 11) is 0. The van der Waals surface area contributed by atoms with Gasteiger partial charge in [-0.25, -0.2) is 9.82 Å². The molecule has 0 spiro atoms. The van der Waals surface area contributed by atoms with Gasteiger partial charge in [-0.3, -0.25) is 5.84 Å². The second-order valence-electron chi connectivity index (χ2n) is 4.94. The first-order valence-electron chi connectivity index (χ1n) is 6.70. The van der Waals surface area contributed by atoms with E-state index in [1.165, 1.54) is 17.7 Å². The smallest absolute Gasteiger partial charge is 0.123 e. The lowest BCUT2D eigenvalue weighted by molar-refractivity contribution is 0.0146. The molecule has 104 valence electrons. The lowest BCUT2D eigenvalue weighted by Gasteiger charge is -2.32. The zero-order valence-electron chi connectivity index (χ0n) is 11.1. The molecular weight excluding hydrogens is 255 g/mol. The number of nitrogens with two attached hydrogens (primary N) is 1. The fraction of sp³-hybridized carbons (Fsp3) is 0.250. The van der Waals surface area contributed by atoms with E-state index in [0.29, 0.717) is 6.61 Å². The Kier molecular flexibility index (Phi) is 3.78. The SMILES string of the molecule is NNC(c1cccc(F)c1)C1OCCc2ccccc21. The predicted molar refractivity (Wildman–Crippen MR) is 75.3 cm³/mol. The maximum Gasteiger partial charge on any atom is 0.123 e. The summed E-state index contributed by atoms with van der Waals surface area (Å²) in [4.78, 5) is 0. The number of ether oxygens (including phenoxy) is 1. The van der Waals surface area contributed by atoms with E-state index >= 15 is 0 Å². The summed E-state index contributed by atoms with van der Waals surface area (Å²) < 4.78 is 19.3. The van der Waals surface area contributed by atoms with Gasteiger partial charge in [-0.05, 0) is 35.2 Å². The minimum atomic E-state index is -0.271. The summed E-state index contributed by atoms with van der Waals surface area (Å²) in [6.07, 6.45) is 0.694. The molecule has 2 unspecified atom stereocenters. The Morgan fingerprint density at radius 3 is 2.85 bits per heavy atom. The maximum atomic E-state index is 13.4. The van der Waals surface area contributed by atoms with Crippen LogP contribution >= 0.6 is 0 Å². The second kappa shape index (κ2) is 5.71. The van der Waals surface area contributed by atoms with E-state index in [9.17, 15) is 4.39 Å². The Labute approximate surface area is 117 Å². The molecule has 0 fully saturated rings. The van der Waals surface area contributed by atoms with Crippen LogP contribution in [0.15, 0.2) is 48.5 Å². The molecule has 3 nitrogen and oxygen atoms in total. The first-order chi connectivity index (χ1) is 9.79. The van der Waals surface area contributed by atoms with Crippen LogP contribution in [0.5, 0.6) is 0 Å². The average molecular weight is 272 g/mol. The number of benzene rings is 2. The van der Waals surface area contributed by atoms with Crippen molar-refractivity contribution in [3.8, 4) is 0 Å². The standard InChI is InChI=1S/C16H17FN2O/c17-13-6-3-5-12(10-13)15(19-18)16-14-7-2-1-4-11(14)8-9-20-16/h1-7,10,15-16,19H,8-9,18H2. The monoisotopic (exact) mass is 272 g/mol. The van der Waals surface area contributed by atoms with Gasteiger partial charge in [0.1, 0.15) is 11.9 Å². The largest absolute Gasteiger partial charge is 0.371 e. The molecule has 20 heavy (non-hydrogen) atoms. The lowest BCUT2D eigenvalue weighted by Crippen LogP contribution is -2.35. The van der Waals surface area contributed by atoms with Crippen LogP contribution in [0, 0.1) is 5.82 Å². The van der Waals surface area contributed by atoms with Crippen LogP contribution in [-0.4, -0.2) is 6.61 Å². The second-order valence-corrected chi connectivity index (χ2v) is 4.94. The Morgan fingerprint density at radius 1 is 1.20 bits per heavy atom. The molecule has 0 amide bonds. The molecule has 0 aliphatic carbocycles. The van der Waals surface area contributed by atoms with Gasteiger partial charge in [0.05, 0.1) is 12.6 Å². The van der Waals surface area contributed by atoms with Crippen LogP contribution in [0.25, 0.3) is 0 Å². The van der Waals surface area contributed by atoms with E-state index in [0.717, 1.165) is 17.5 Å². The number of rotatable bonds is 3. The third-order valence-electron chi connectivity index (χ3n) is 3.72. The molecule has 0 saturated carbocycles. The number of hydrazine groups is 1. The highest BCUT2D eigenvalue weighted by molar-refractivity contribution is 5.34. The Hall–Kier alpha value is -1.75. The van der Waals surface area contributed by atoms with Crippen LogP contribution in [0.3, 0.4) is 0 Å². The zero-order valence-corrected chi connectivity index (χ0v) is 11.1. The van der Waals surface area contributed by atoms with Crippen molar-refractivity contribution in [3.05, 3.63) is 71.0 Å². The molecule has 0 radical (unpaired) electrons. The van der Waals surface area contributed by atoms with Gasteiger partial charge in [0.25, 0.3) is 0 Å². The molecule has 1 heterocycles. The van der Waals surface area contributed by atoms with Crippen molar-refractivity contribution in [2.24, 2.45) is 5.84 Å². The molecule has 3 rings (SSSR count). The highest BCUT2D eigenvalue weighted by Crippen LogP contribution is 2.36. The van der Waals surface area contributed by atoms with Crippen molar-refractivity contribution in [2.75, 3.05) is 6.61 Å². The first-order valence-corrected chi connectivity index (χ1v) is 6.70. The molecule has 2 aromatic carbocycles. The van der Waals surface area contributed by atoms with Gasteiger partial charge in [0, 0.05) is 0 Å².